The third-order valence-electron chi connectivity index (χ3n) is 3.71. The molecule has 0 aliphatic rings. The Morgan fingerprint density at radius 3 is 2.52 bits per heavy atom. The van der Waals surface area contributed by atoms with Gasteiger partial charge in [0.2, 0.25) is 0 Å². The second-order valence-electron chi connectivity index (χ2n) is 5.40. The number of carbonyl (C=O) groups is 1. The highest BCUT2D eigenvalue weighted by atomic mass is 19.1. The summed E-state index contributed by atoms with van der Waals surface area (Å²) in [6, 6.07) is 9.22. The lowest BCUT2D eigenvalue weighted by molar-refractivity contribution is -0.384. The van der Waals surface area contributed by atoms with Gasteiger partial charge in [0.15, 0.2) is 0 Å². The molecule has 0 aliphatic heterocycles. The number of anilines is 1. The molecule has 1 atom stereocenters. The number of benzene rings is 2. The van der Waals surface area contributed by atoms with Crippen molar-refractivity contribution in [3.05, 3.63) is 69.5 Å². The van der Waals surface area contributed by atoms with Gasteiger partial charge in [-0.05, 0) is 23.8 Å². The molecule has 2 rings (SSSR count). The summed E-state index contributed by atoms with van der Waals surface area (Å²) in [7, 11) is 2.80. The van der Waals surface area contributed by atoms with Crippen molar-refractivity contribution in [1.29, 1.82) is 0 Å². The van der Waals surface area contributed by atoms with Crippen LogP contribution in [0.2, 0.25) is 0 Å². The van der Waals surface area contributed by atoms with Gasteiger partial charge < -0.3 is 14.7 Å². The van der Waals surface area contributed by atoms with E-state index in [4.69, 9.17) is 0 Å². The van der Waals surface area contributed by atoms with E-state index in [0.717, 1.165) is 6.07 Å². The Bertz CT molecular complexity index is 779. The van der Waals surface area contributed by atoms with Crippen LogP contribution >= 0.6 is 0 Å². The number of halogens is 1. The molecule has 2 aromatic carbocycles. The fourth-order valence-corrected chi connectivity index (χ4v) is 2.39. The summed E-state index contributed by atoms with van der Waals surface area (Å²) >= 11 is 0. The van der Waals surface area contributed by atoms with Crippen molar-refractivity contribution < 1.29 is 24.0 Å². The van der Waals surface area contributed by atoms with Crippen molar-refractivity contribution >= 4 is 17.3 Å². The SMILES string of the molecule is COC(=O)c1cc([N+](=O)[O-])ccc1N(C)CC(O)c1ccc(F)cc1. The molecule has 8 heteroatoms. The third kappa shape index (κ3) is 4.30. The molecular weight excluding hydrogens is 331 g/mol. The number of nitro benzene ring substituents is 1. The van der Waals surface area contributed by atoms with Crippen LogP contribution in [0, 0.1) is 15.9 Å². The molecule has 0 saturated carbocycles. The van der Waals surface area contributed by atoms with Crippen LogP contribution < -0.4 is 4.90 Å². The maximum absolute atomic E-state index is 13.0. The number of hydrogen-bond acceptors (Lipinski definition) is 6. The highest BCUT2D eigenvalue weighted by Crippen LogP contribution is 2.27. The van der Waals surface area contributed by atoms with Gasteiger partial charge in [0.1, 0.15) is 5.82 Å². The van der Waals surface area contributed by atoms with Crippen molar-refractivity contribution in [2.24, 2.45) is 0 Å². The van der Waals surface area contributed by atoms with Crippen molar-refractivity contribution in [1.82, 2.24) is 0 Å². The van der Waals surface area contributed by atoms with Crippen LogP contribution in [-0.2, 0) is 4.74 Å². The lowest BCUT2D eigenvalue weighted by atomic mass is 10.1. The molecule has 1 N–H and O–H groups in total. The first kappa shape index (κ1) is 18.3. The maximum atomic E-state index is 13.0. The quantitative estimate of drug-likeness (QED) is 0.490. The standard InChI is InChI=1S/C17H17FN2O5/c1-19(10-16(21)11-3-5-12(18)6-4-11)15-8-7-13(20(23)24)9-14(15)17(22)25-2/h3-9,16,21H,10H2,1-2H3. The Morgan fingerprint density at radius 2 is 1.96 bits per heavy atom. The van der Waals surface area contributed by atoms with Gasteiger partial charge in [-0.25, -0.2) is 9.18 Å². The molecule has 0 fully saturated rings. The zero-order chi connectivity index (χ0) is 18.6. The fraction of sp³-hybridized carbons (Fsp3) is 0.235. The molecule has 1 unspecified atom stereocenters. The minimum absolute atomic E-state index is 0.0190. The van der Waals surface area contributed by atoms with Crippen LogP contribution in [-0.4, -0.2) is 36.7 Å². The highest BCUT2D eigenvalue weighted by Gasteiger charge is 2.21. The number of esters is 1. The monoisotopic (exact) mass is 348 g/mol. The lowest BCUT2D eigenvalue weighted by Crippen LogP contribution is -2.26. The first-order valence-corrected chi connectivity index (χ1v) is 7.35. The highest BCUT2D eigenvalue weighted by molar-refractivity contribution is 5.96. The summed E-state index contributed by atoms with van der Waals surface area (Å²) in [6.07, 6.45) is -0.939. The lowest BCUT2D eigenvalue weighted by Gasteiger charge is -2.24. The van der Waals surface area contributed by atoms with Gasteiger partial charge in [-0.3, -0.25) is 10.1 Å². The number of hydrogen-bond donors (Lipinski definition) is 1. The van der Waals surface area contributed by atoms with Gasteiger partial charge >= 0.3 is 5.97 Å². The molecule has 132 valence electrons. The number of carbonyl (C=O) groups excluding carboxylic acids is 1. The molecule has 7 nitrogen and oxygen atoms in total. The topological polar surface area (TPSA) is 92.9 Å². The van der Waals surface area contributed by atoms with Crippen molar-refractivity contribution in [3.63, 3.8) is 0 Å². The Morgan fingerprint density at radius 1 is 1.32 bits per heavy atom. The molecule has 2 aromatic rings. The van der Waals surface area contributed by atoms with Crippen LogP contribution in [0.1, 0.15) is 22.0 Å². The van der Waals surface area contributed by atoms with Crippen LogP contribution in [0.4, 0.5) is 15.8 Å². The number of non-ortho nitro benzene ring substituents is 1. The van der Waals surface area contributed by atoms with Gasteiger partial charge in [-0.15, -0.1) is 0 Å². The molecule has 0 aromatic heterocycles. The average Bonchev–Trinajstić information content (AvgIpc) is 2.60. The third-order valence-corrected chi connectivity index (χ3v) is 3.71. The molecule has 0 saturated heterocycles. The first-order chi connectivity index (χ1) is 11.8. The van der Waals surface area contributed by atoms with Crippen LogP contribution in [0.25, 0.3) is 0 Å². The van der Waals surface area contributed by atoms with E-state index < -0.39 is 22.8 Å². The first-order valence-electron chi connectivity index (χ1n) is 7.35. The summed E-state index contributed by atoms with van der Waals surface area (Å²) < 4.78 is 17.6. The van der Waals surface area contributed by atoms with Crippen LogP contribution in [0.3, 0.4) is 0 Å². The Balaban J connectivity index is 2.28. The van der Waals surface area contributed by atoms with E-state index in [0.29, 0.717) is 11.3 Å². The van der Waals surface area contributed by atoms with Gasteiger partial charge in [0.05, 0.1) is 29.4 Å². The van der Waals surface area contributed by atoms with Gasteiger partial charge in [-0.1, -0.05) is 12.1 Å². The molecule has 25 heavy (non-hydrogen) atoms. The van der Waals surface area contributed by atoms with Gasteiger partial charge in [0.25, 0.3) is 5.69 Å². The largest absolute Gasteiger partial charge is 0.465 e. The number of likely N-dealkylation sites (N-methyl/N-ethyl adjacent to an activating group) is 1. The minimum Gasteiger partial charge on any atom is -0.465 e. The van der Waals surface area contributed by atoms with E-state index in [1.54, 1.807) is 11.9 Å². The van der Waals surface area contributed by atoms with Gasteiger partial charge in [-0.2, -0.15) is 0 Å². The number of methoxy groups -OCH3 is 1. The maximum Gasteiger partial charge on any atom is 0.340 e. The summed E-state index contributed by atoms with van der Waals surface area (Å²) in [4.78, 5) is 23.8. The molecular formula is C17H17FN2O5. The summed E-state index contributed by atoms with van der Waals surface area (Å²) in [5.74, 6) is -1.13. The van der Waals surface area contributed by atoms with E-state index in [-0.39, 0.29) is 17.8 Å². The summed E-state index contributed by atoms with van der Waals surface area (Å²) in [5, 5.41) is 21.2. The number of nitro groups is 1. The number of aliphatic hydroxyl groups excluding tert-OH is 1. The smallest absolute Gasteiger partial charge is 0.340 e. The fourth-order valence-electron chi connectivity index (χ4n) is 2.39. The predicted molar refractivity (Wildman–Crippen MR) is 89.1 cm³/mol. The predicted octanol–water partition coefficient (Wildman–Crippen LogP) is 2.69. The number of nitrogens with zero attached hydrogens (tertiary/aromatic N) is 2. The molecule has 0 aliphatic carbocycles. The second-order valence-corrected chi connectivity index (χ2v) is 5.40. The number of aliphatic hydroxyl groups is 1. The van der Waals surface area contributed by atoms with E-state index in [2.05, 4.69) is 4.74 Å². The zero-order valence-electron chi connectivity index (χ0n) is 13.7. The Kier molecular flexibility index (Phi) is 5.66. The molecule has 0 heterocycles. The van der Waals surface area contributed by atoms with Crippen molar-refractivity contribution in [2.75, 3.05) is 25.6 Å². The minimum atomic E-state index is -0.939. The Hall–Kier alpha value is -3.00. The average molecular weight is 348 g/mol. The van der Waals surface area contributed by atoms with E-state index in [9.17, 15) is 24.4 Å². The van der Waals surface area contributed by atoms with E-state index >= 15 is 0 Å². The van der Waals surface area contributed by atoms with Gasteiger partial charge in [0, 0.05) is 25.7 Å². The number of ether oxygens (including phenoxy) is 1. The normalized spacial score (nSPS) is 11.7. The van der Waals surface area contributed by atoms with E-state index in [1.165, 1.54) is 43.5 Å². The summed E-state index contributed by atoms with van der Waals surface area (Å²) in [6.45, 7) is 0.0907. The molecule has 0 radical (unpaired) electrons. The second kappa shape index (κ2) is 7.71. The van der Waals surface area contributed by atoms with Crippen LogP contribution in [0.15, 0.2) is 42.5 Å². The van der Waals surface area contributed by atoms with Crippen molar-refractivity contribution in [2.45, 2.75) is 6.10 Å². The zero-order valence-corrected chi connectivity index (χ0v) is 13.7. The summed E-state index contributed by atoms with van der Waals surface area (Å²) in [5.41, 5.74) is 0.663. The molecule has 0 amide bonds. The van der Waals surface area contributed by atoms with E-state index in [1.807, 2.05) is 0 Å². The van der Waals surface area contributed by atoms with Crippen molar-refractivity contribution in [3.8, 4) is 0 Å². The number of rotatable bonds is 6. The Labute approximate surface area is 143 Å². The molecule has 0 bridgehead atoms. The molecule has 0 spiro atoms. The van der Waals surface area contributed by atoms with Crippen LogP contribution in [0.5, 0.6) is 0 Å².